The highest BCUT2D eigenvalue weighted by atomic mass is 35.5. The minimum Gasteiger partial charge on any atom is -0.344 e. The van der Waals surface area contributed by atoms with Gasteiger partial charge in [0.15, 0.2) is 0 Å². The van der Waals surface area contributed by atoms with Crippen molar-refractivity contribution in [3.8, 4) is 0 Å². The summed E-state index contributed by atoms with van der Waals surface area (Å²) in [5, 5.41) is 15.9. The normalized spacial score (nSPS) is 10.1. The van der Waals surface area contributed by atoms with Crippen molar-refractivity contribution in [2.45, 2.75) is 6.54 Å². The molecule has 0 fully saturated rings. The van der Waals surface area contributed by atoms with E-state index in [0.29, 0.717) is 10.6 Å². The van der Waals surface area contributed by atoms with Gasteiger partial charge in [0.25, 0.3) is 5.69 Å². The number of nitrogens with zero attached hydrogens (tertiary/aromatic N) is 1. The number of nitro benzene ring substituents is 1. The van der Waals surface area contributed by atoms with Crippen LogP contribution in [0, 0.1) is 10.1 Å². The van der Waals surface area contributed by atoms with Crippen LogP contribution in [0.4, 0.5) is 11.4 Å². The first-order valence-electron chi connectivity index (χ1n) is 6.65. The summed E-state index contributed by atoms with van der Waals surface area (Å²) in [4.78, 5) is 33.7. The summed E-state index contributed by atoms with van der Waals surface area (Å²) < 4.78 is 0. The zero-order valence-corrected chi connectivity index (χ0v) is 13.6. The van der Waals surface area contributed by atoms with E-state index in [1.54, 1.807) is 24.3 Å². The van der Waals surface area contributed by atoms with Gasteiger partial charge < -0.3 is 10.6 Å². The van der Waals surface area contributed by atoms with Crippen LogP contribution in [0.5, 0.6) is 0 Å². The molecular formula is C15H11Cl2N3O4. The fraction of sp³-hybridized carbons (Fsp3) is 0.0667. The van der Waals surface area contributed by atoms with Gasteiger partial charge in [-0.25, -0.2) is 0 Å². The minimum absolute atomic E-state index is 0.0684. The van der Waals surface area contributed by atoms with Crippen LogP contribution in [-0.4, -0.2) is 16.7 Å². The highest BCUT2D eigenvalue weighted by Gasteiger charge is 2.17. The molecule has 2 amide bonds. The average molecular weight is 368 g/mol. The van der Waals surface area contributed by atoms with Gasteiger partial charge in [0.1, 0.15) is 5.02 Å². The van der Waals surface area contributed by atoms with Crippen molar-refractivity contribution in [3.63, 3.8) is 0 Å². The van der Waals surface area contributed by atoms with Crippen molar-refractivity contribution >= 4 is 46.4 Å². The number of nitrogens with one attached hydrogen (secondary N) is 2. The molecule has 0 bridgehead atoms. The Labute approximate surface area is 146 Å². The fourth-order valence-electron chi connectivity index (χ4n) is 1.82. The number of nitro groups is 1. The van der Waals surface area contributed by atoms with E-state index in [0.717, 1.165) is 6.07 Å². The monoisotopic (exact) mass is 367 g/mol. The number of anilines is 1. The van der Waals surface area contributed by atoms with Gasteiger partial charge in [0, 0.05) is 23.3 Å². The van der Waals surface area contributed by atoms with Crippen molar-refractivity contribution in [1.29, 1.82) is 0 Å². The molecule has 2 aromatic carbocycles. The molecule has 7 nitrogen and oxygen atoms in total. The van der Waals surface area contributed by atoms with E-state index in [9.17, 15) is 19.7 Å². The molecule has 0 aliphatic heterocycles. The van der Waals surface area contributed by atoms with E-state index in [-0.39, 0.29) is 22.9 Å². The third kappa shape index (κ3) is 4.43. The van der Waals surface area contributed by atoms with Crippen LogP contribution >= 0.6 is 23.2 Å². The van der Waals surface area contributed by atoms with Gasteiger partial charge >= 0.3 is 11.8 Å². The van der Waals surface area contributed by atoms with Gasteiger partial charge in [-0.3, -0.25) is 19.7 Å². The van der Waals surface area contributed by atoms with Crippen molar-refractivity contribution < 1.29 is 14.5 Å². The van der Waals surface area contributed by atoms with Gasteiger partial charge in [-0.15, -0.1) is 0 Å². The number of carbonyl (C=O) groups excluding carboxylic acids is 2. The smallest absolute Gasteiger partial charge is 0.313 e. The van der Waals surface area contributed by atoms with Crippen LogP contribution in [0.1, 0.15) is 5.56 Å². The molecular weight excluding hydrogens is 357 g/mol. The first kappa shape index (κ1) is 17.7. The lowest BCUT2D eigenvalue weighted by atomic mass is 10.2. The van der Waals surface area contributed by atoms with E-state index >= 15 is 0 Å². The summed E-state index contributed by atoms with van der Waals surface area (Å²) in [6.07, 6.45) is 0. The Morgan fingerprint density at radius 3 is 2.42 bits per heavy atom. The van der Waals surface area contributed by atoms with Gasteiger partial charge in [-0.05, 0) is 23.8 Å². The van der Waals surface area contributed by atoms with Crippen LogP contribution in [0.25, 0.3) is 0 Å². The van der Waals surface area contributed by atoms with E-state index in [1.165, 1.54) is 12.1 Å². The first-order valence-corrected chi connectivity index (χ1v) is 7.40. The fourth-order valence-corrected chi connectivity index (χ4v) is 2.20. The Morgan fingerprint density at radius 2 is 1.75 bits per heavy atom. The first-order chi connectivity index (χ1) is 11.4. The highest BCUT2D eigenvalue weighted by molar-refractivity contribution is 6.39. The summed E-state index contributed by atoms with van der Waals surface area (Å²) in [7, 11) is 0. The number of halogens is 2. The Kier molecular flexibility index (Phi) is 5.73. The van der Waals surface area contributed by atoms with Gasteiger partial charge in [0.05, 0.1) is 4.92 Å². The molecule has 0 heterocycles. The summed E-state index contributed by atoms with van der Waals surface area (Å²) >= 11 is 11.6. The number of carbonyl (C=O) groups is 2. The van der Waals surface area contributed by atoms with Crippen molar-refractivity contribution in [3.05, 3.63) is 68.2 Å². The second-order valence-electron chi connectivity index (χ2n) is 4.65. The summed E-state index contributed by atoms with van der Waals surface area (Å²) in [5.74, 6) is -1.86. The van der Waals surface area contributed by atoms with E-state index in [1.807, 2.05) is 0 Å². The molecule has 2 aromatic rings. The van der Waals surface area contributed by atoms with E-state index in [2.05, 4.69) is 10.6 Å². The highest BCUT2D eigenvalue weighted by Crippen LogP contribution is 2.27. The number of rotatable bonds is 4. The van der Waals surface area contributed by atoms with Gasteiger partial charge in [-0.2, -0.15) is 0 Å². The Bertz CT molecular complexity index is 811. The van der Waals surface area contributed by atoms with Crippen LogP contribution in [0.3, 0.4) is 0 Å². The Morgan fingerprint density at radius 1 is 1.04 bits per heavy atom. The van der Waals surface area contributed by atoms with Gasteiger partial charge in [-0.1, -0.05) is 41.4 Å². The quantitative estimate of drug-likeness (QED) is 0.492. The van der Waals surface area contributed by atoms with Crippen LogP contribution in [0.15, 0.2) is 42.5 Å². The lowest BCUT2D eigenvalue weighted by molar-refractivity contribution is -0.384. The number of amides is 2. The second-order valence-corrected chi connectivity index (χ2v) is 5.47. The molecule has 24 heavy (non-hydrogen) atoms. The van der Waals surface area contributed by atoms with Crippen molar-refractivity contribution in [1.82, 2.24) is 5.32 Å². The summed E-state index contributed by atoms with van der Waals surface area (Å²) in [5.41, 5.74) is 0.373. The number of hydrogen-bond acceptors (Lipinski definition) is 4. The third-order valence-corrected chi connectivity index (χ3v) is 3.69. The second kappa shape index (κ2) is 7.76. The lowest BCUT2D eigenvalue weighted by Gasteiger charge is -2.08. The van der Waals surface area contributed by atoms with Crippen LogP contribution < -0.4 is 10.6 Å². The summed E-state index contributed by atoms with van der Waals surface area (Å²) in [6.45, 7) is 0.0761. The van der Waals surface area contributed by atoms with E-state index < -0.39 is 16.7 Å². The molecule has 0 aliphatic rings. The minimum atomic E-state index is -0.960. The predicted molar refractivity (Wildman–Crippen MR) is 90.0 cm³/mol. The molecule has 2 rings (SSSR count). The van der Waals surface area contributed by atoms with Crippen LogP contribution in [0.2, 0.25) is 10.0 Å². The Balaban J connectivity index is 1.99. The van der Waals surface area contributed by atoms with E-state index in [4.69, 9.17) is 23.2 Å². The topological polar surface area (TPSA) is 101 Å². The van der Waals surface area contributed by atoms with Gasteiger partial charge in [0.2, 0.25) is 0 Å². The molecule has 0 radical (unpaired) electrons. The SMILES string of the molecule is O=C(NCc1ccccc1Cl)C(=O)Nc1ccc(Cl)c([N+](=O)[O-])c1. The van der Waals surface area contributed by atoms with Crippen LogP contribution in [-0.2, 0) is 16.1 Å². The molecule has 2 N–H and O–H groups in total. The molecule has 0 spiro atoms. The molecule has 9 heteroatoms. The third-order valence-electron chi connectivity index (χ3n) is 3.00. The average Bonchev–Trinajstić information content (AvgIpc) is 2.55. The maximum Gasteiger partial charge on any atom is 0.313 e. The van der Waals surface area contributed by atoms with Crippen molar-refractivity contribution in [2.24, 2.45) is 0 Å². The zero-order chi connectivity index (χ0) is 17.7. The zero-order valence-electron chi connectivity index (χ0n) is 12.1. The predicted octanol–water partition coefficient (Wildman–Crippen LogP) is 3.16. The molecule has 0 aliphatic carbocycles. The number of hydrogen-bond donors (Lipinski definition) is 2. The standard InChI is InChI=1S/C15H11Cl2N3O4/c16-11-4-2-1-3-9(11)8-18-14(21)15(22)19-10-5-6-12(17)13(7-10)20(23)24/h1-7H,8H2,(H,18,21)(H,19,22). The largest absolute Gasteiger partial charge is 0.344 e. The molecule has 124 valence electrons. The molecule has 0 unspecified atom stereocenters. The molecule has 0 saturated heterocycles. The lowest BCUT2D eigenvalue weighted by Crippen LogP contribution is -2.35. The molecule has 0 aromatic heterocycles. The Hall–Kier alpha value is -2.64. The maximum atomic E-state index is 11.8. The molecule has 0 saturated carbocycles. The molecule has 0 atom stereocenters. The van der Waals surface area contributed by atoms with Crippen molar-refractivity contribution in [2.75, 3.05) is 5.32 Å². The number of benzene rings is 2. The maximum absolute atomic E-state index is 11.8. The summed E-state index contributed by atoms with van der Waals surface area (Å²) in [6, 6.07) is 10.6.